The summed E-state index contributed by atoms with van der Waals surface area (Å²) >= 11 is 3.98. The Labute approximate surface area is 71.9 Å². The van der Waals surface area contributed by atoms with Gasteiger partial charge in [-0.2, -0.15) is 0 Å². The maximum absolute atomic E-state index is 4.03. The molecule has 0 aromatic carbocycles. The van der Waals surface area contributed by atoms with Crippen LogP contribution in [0.2, 0.25) is 0 Å². The van der Waals surface area contributed by atoms with Gasteiger partial charge in [0.2, 0.25) is 0 Å². The summed E-state index contributed by atoms with van der Waals surface area (Å²) in [6.45, 7) is 3.92. The predicted molar refractivity (Wildman–Crippen MR) is 46.0 cm³/mol. The maximum atomic E-state index is 4.03. The van der Waals surface area contributed by atoms with Crippen LogP contribution >= 0.6 is 25.0 Å². The van der Waals surface area contributed by atoms with Gasteiger partial charge in [-0.3, -0.25) is 0 Å². The van der Waals surface area contributed by atoms with Gasteiger partial charge in [0.15, 0.2) is 5.16 Å². The molecule has 4 heteroatoms. The van der Waals surface area contributed by atoms with E-state index >= 15 is 0 Å². The van der Waals surface area contributed by atoms with E-state index in [9.17, 15) is 0 Å². The Morgan fingerprint density at radius 3 is 2.40 bits per heavy atom. The molecule has 2 nitrogen and oxygen atoms in total. The van der Waals surface area contributed by atoms with Crippen molar-refractivity contribution in [3.63, 3.8) is 0 Å². The standard InChI is InChI=1S/C6H8N2S.ClH/c1-4-3-7-6(9)8-5(4)2;/h3H,1-2H3,(H,7,8,9);1H. The second-order valence-electron chi connectivity index (χ2n) is 1.94. The van der Waals surface area contributed by atoms with Crippen LogP contribution in [0.1, 0.15) is 11.3 Å². The van der Waals surface area contributed by atoms with E-state index in [4.69, 9.17) is 0 Å². The summed E-state index contributed by atoms with van der Waals surface area (Å²) < 4.78 is 0. The number of rotatable bonds is 0. The number of halogens is 1. The fourth-order valence-corrected chi connectivity index (χ4v) is 0.723. The van der Waals surface area contributed by atoms with Crippen molar-refractivity contribution in [3.05, 3.63) is 17.5 Å². The molecular formula is C6H9ClN2S. The summed E-state index contributed by atoms with van der Waals surface area (Å²) in [7, 11) is 0. The highest BCUT2D eigenvalue weighted by atomic mass is 35.5. The third kappa shape index (κ3) is 2.15. The van der Waals surface area contributed by atoms with Gasteiger partial charge in [-0.15, -0.1) is 25.0 Å². The molecule has 0 fully saturated rings. The summed E-state index contributed by atoms with van der Waals surface area (Å²) in [5.41, 5.74) is 2.10. The Kier molecular flexibility index (Phi) is 3.68. The first-order chi connectivity index (χ1) is 4.20. The zero-order valence-corrected chi connectivity index (χ0v) is 7.54. The molecule has 0 radical (unpaired) electrons. The van der Waals surface area contributed by atoms with Crippen molar-refractivity contribution in [1.82, 2.24) is 9.97 Å². The highest BCUT2D eigenvalue weighted by Crippen LogP contribution is 2.02. The van der Waals surface area contributed by atoms with E-state index in [0.29, 0.717) is 5.16 Å². The number of aromatic nitrogens is 2. The Bertz CT molecular complexity index is 227. The van der Waals surface area contributed by atoms with Gasteiger partial charge >= 0.3 is 0 Å². The SMILES string of the molecule is Cc1cnc(S)nc1C.Cl. The lowest BCUT2D eigenvalue weighted by Gasteiger charge is -1.95. The summed E-state index contributed by atoms with van der Waals surface area (Å²) in [5.74, 6) is 0. The Morgan fingerprint density at radius 1 is 1.40 bits per heavy atom. The zero-order valence-electron chi connectivity index (χ0n) is 5.83. The Hall–Kier alpha value is -0.280. The Balaban J connectivity index is 0.000000810. The molecule has 0 amide bonds. The van der Waals surface area contributed by atoms with E-state index in [0.717, 1.165) is 11.3 Å². The van der Waals surface area contributed by atoms with Gasteiger partial charge in [-0.05, 0) is 19.4 Å². The molecule has 0 N–H and O–H groups in total. The summed E-state index contributed by atoms with van der Waals surface area (Å²) in [4.78, 5) is 7.92. The minimum atomic E-state index is 0. The van der Waals surface area contributed by atoms with Crippen molar-refractivity contribution in [3.8, 4) is 0 Å². The quantitative estimate of drug-likeness (QED) is 0.482. The van der Waals surface area contributed by atoms with Gasteiger partial charge in [-0.1, -0.05) is 0 Å². The average molecular weight is 177 g/mol. The second kappa shape index (κ2) is 3.78. The van der Waals surface area contributed by atoms with Crippen molar-refractivity contribution in [2.75, 3.05) is 0 Å². The summed E-state index contributed by atoms with van der Waals surface area (Å²) in [6, 6.07) is 0. The smallest absolute Gasteiger partial charge is 0.184 e. The largest absolute Gasteiger partial charge is 0.231 e. The molecule has 1 aromatic heterocycles. The first-order valence-electron chi connectivity index (χ1n) is 2.69. The van der Waals surface area contributed by atoms with Crippen molar-refractivity contribution in [2.24, 2.45) is 0 Å². The van der Waals surface area contributed by atoms with E-state index in [2.05, 4.69) is 22.6 Å². The number of nitrogens with zero attached hydrogens (tertiary/aromatic N) is 2. The monoisotopic (exact) mass is 176 g/mol. The third-order valence-corrected chi connectivity index (χ3v) is 1.43. The van der Waals surface area contributed by atoms with Gasteiger partial charge in [0.1, 0.15) is 0 Å². The van der Waals surface area contributed by atoms with Gasteiger partial charge in [0.05, 0.1) is 0 Å². The number of thiol groups is 1. The highest BCUT2D eigenvalue weighted by Gasteiger charge is 1.92. The third-order valence-electron chi connectivity index (χ3n) is 1.21. The van der Waals surface area contributed by atoms with Gasteiger partial charge < -0.3 is 0 Å². The summed E-state index contributed by atoms with van der Waals surface area (Å²) in [5, 5.41) is 0.540. The molecule has 10 heavy (non-hydrogen) atoms. The lowest BCUT2D eigenvalue weighted by Crippen LogP contribution is -1.89. The van der Waals surface area contributed by atoms with Crippen LogP contribution in [0.15, 0.2) is 11.4 Å². The summed E-state index contributed by atoms with van der Waals surface area (Å²) in [6.07, 6.45) is 1.77. The van der Waals surface area contributed by atoms with E-state index in [1.54, 1.807) is 6.20 Å². The van der Waals surface area contributed by atoms with E-state index < -0.39 is 0 Å². The van der Waals surface area contributed by atoms with Crippen LogP contribution in [-0.2, 0) is 0 Å². The van der Waals surface area contributed by atoms with Crippen molar-refractivity contribution < 1.29 is 0 Å². The molecule has 0 aliphatic rings. The second-order valence-corrected chi connectivity index (χ2v) is 2.34. The van der Waals surface area contributed by atoms with Crippen LogP contribution in [-0.4, -0.2) is 9.97 Å². The van der Waals surface area contributed by atoms with E-state index in [1.807, 2.05) is 13.8 Å². The topological polar surface area (TPSA) is 25.8 Å². The molecule has 0 saturated heterocycles. The molecule has 0 aliphatic heterocycles. The van der Waals surface area contributed by atoms with Crippen molar-refractivity contribution in [2.45, 2.75) is 19.0 Å². The lowest BCUT2D eigenvalue weighted by atomic mass is 10.3. The normalized spacial score (nSPS) is 8.70. The molecule has 0 bridgehead atoms. The fraction of sp³-hybridized carbons (Fsp3) is 0.333. The number of hydrogen-bond donors (Lipinski definition) is 1. The highest BCUT2D eigenvalue weighted by molar-refractivity contribution is 7.80. The van der Waals surface area contributed by atoms with Crippen molar-refractivity contribution >= 4 is 25.0 Å². The number of hydrogen-bond acceptors (Lipinski definition) is 3. The Morgan fingerprint density at radius 2 is 2.00 bits per heavy atom. The molecule has 56 valence electrons. The zero-order chi connectivity index (χ0) is 6.85. The molecule has 1 rings (SSSR count). The molecule has 0 spiro atoms. The van der Waals surface area contributed by atoms with Gasteiger partial charge in [0, 0.05) is 11.9 Å². The number of aryl methyl sites for hydroxylation is 2. The van der Waals surface area contributed by atoms with Crippen LogP contribution in [0.4, 0.5) is 0 Å². The molecule has 0 atom stereocenters. The molecule has 1 heterocycles. The molecule has 0 aliphatic carbocycles. The molecular weight excluding hydrogens is 168 g/mol. The van der Waals surface area contributed by atoms with Crippen LogP contribution in [0, 0.1) is 13.8 Å². The van der Waals surface area contributed by atoms with Crippen LogP contribution in [0.25, 0.3) is 0 Å². The van der Waals surface area contributed by atoms with Crippen LogP contribution < -0.4 is 0 Å². The van der Waals surface area contributed by atoms with Crippen molar-refractivity contribution in [1.29, 1.82) is 0 Å². The molecule has 0 unspecified atom stereocenters. The molecule has 0 saturated carbocycles. The van der Waals surface area contributed by atoms with Crippen LogP contribution in [0.5, 0.6) is 0 Å². The minimum Gasteiger partial charge on any atom is -0.231 e. The maximum Gasteiger partial charge on any atom is 0.184 e. The van der Waals surface area contributed by atoms with Gasteiger partial charge in [-0.25, -0.2) is 9.97 Å². The first kappa shape index (κ1) is 9.72. The molecule has 1 aromatic rings. The van der Waals surface area contributed by atoms with E-state index in [-0.39, 0.29) is 12.4 Å². The van der Waals surface area contributed by atoms with Gasteiger partial charge in [0.25, 0.3) is 0 Å². The average Bonchev–Trinajstić information content (AvgIpc) is 1.80. The van der Waals surface area contributed by atoms with E-state index in [1.165, 1.54) is 0 Å². The lowest BCUT2D eigenvalue weighted by molar-refractivity contribution is 0.919. The fourth-order valence-electron chi connectivity index (χ4n) is 0.515. The van der Waals surface area contributed by atoms with Crippen LogP contribution in [0.3, 0.4) is 0 Å². The minimum absolute atomic E-state index is 0. The first-order valence-corrected chi connectivity index (χ1v) is 3.14. The predicted octanol–water partition coefficient (Wildman–Crippen LogP) is 1.80.